The van der Waals surface area contributed by atoms with E-state index in [0.29, 0.717) is 45.8 Å². The van der Waals surface area contributed by atoms with Crippen molar-refractivity contribution in [2.45, 2.75) is 59.0 Å². The molecule has 0 aliphatic carbocycles. The Labute approximate surface area is 165 Å². The standard InChI is InChI=1S/C17H37N3O3.HI/c1-5-9-11-22-13-14-23-12-10-19-16(18-8-4)20-15-17(21,6-2)7-3;/h21H,5-15H2,1-4H3,(H2,18,19,20);1H. The summed E-state index contributed by atoms with van der Waals surface area (Å²) in [5, 5.41) is 16.7. The minimum atomic E-state index is -0.714. The Morgan fingerprint density at radius 1 is 0.958 bits per heavy atom. The maximum absolute atomic E-state index is 10.3. The number of rotatable bonds is 14. The number of halogens is 1. The molecule has 0 aliphatic rings. The number of hydrogen-bond donors (Lipinski definition) is 3. The Bertz CT molecular complexity index is 301. The molecule has 0 saturated carbocycles. The molecule has 0 heterocycles. The lowest BCUT2D eigenvalue weighted by Crippen LogP contribution is -2.41. The lowest BCUT2D eigenvalue weighted by molar-refractivity contribution is 0.0416. The lowest BCUT2D eigenvalue weighted by atomic mass is 9.98. The van der Waals surface area contributed by atoms with Crippen molar-refractivity contribution < 1.29 is 14.6 Å². The summed E-state index contributed by atoms with van der Waals surface area (Å²) in [7, 11) is 0. The Morgan fingerprint density at radius 2 is 1.58 bits per heavy atom. The van der Waals surface area contributed by atoms with E-state index in [1.54, 1.807) is 0 Å². The molecule has 0 spiro atoms. The molecule has 0 aromatic heterocycles. The van der Waals surface area contributed by atoms with Gasteiger partial charge in [0.2, 0.25) is 0 Å². The average Bonchev–Trinajstić information content (AvgIpc) is 2.57. The second kappa shape index (κ2) is 17.7. The summed E-state index contributed by atoms with van der Waals surface area (Å²) >= 11 is 0. The second-order valence-electron chi connectivity index (χ2n) is 5.63. The first-order valence-corrected chi connectivity index (χ1v) is 9.01. The summed E-state index contributed by atoms with van der Waals surface area (Å²) in [6.45, 7) is 12.7. The molecule has 0 unspecified atom stereocenters. The van der Waals surface area contributed by atoms with Crippen LogP contribution in [0.15, 0.2) is 4.99 Å². The smallest absolute Gasteiger partial charge is 0.191 e. The summed E-state index contributed by atoms with van der Waals surface area (Å²) in [5.41, 5.74) is -0.714. The molecule has 0 saturated heterocycles. The van der Waals surface area contributed by atoms with Crippen LogP contribution in [0.3, 0.4) is 0 Å². The van der Waals surface area contributed by atoms with E-state index in [1.807, 2.05) is 20.8 Å². The molecule has 0 atom stereocenters. The zero-order valence-corrected chi connectivity index (χ0v) is 18.2. The predicted molar refractivity (Wildman–Crippen MR) is 111 cm³/mol. The molecule has 7 heteroatoms. The highest BCUT2D eigenvalue weighted by Crippen LogP contribution is 2.14. The third-order valence-corrected chi connectivity index (χ3v) is 3.75. The summed E-state index contributed by atoms with van der Waals surface area (Å²) < 4.78 is 10.9. The van der Waals surface area contributed by atoms with E-state index >= 15 is 0 Å². The van der Waals surface area contributed by atoms with Crippen molar-refractivity contribution in [2.24, 2.45) is 4.99 Å². The van der Waals surface area contributed by atoms with Gasteiger partial charge in [-0.05, 0) is 26.2 Å². The fourth-order valence-corrected chi connectivity index (χ4v) is 1.85. The summed E-state index contributed by atoms with van der Waals surface area (Å²) in [5.74, 6) is 0.718. The van der Waals surface area contributed by atoms with Gasteiger partial charge in [-0.2, -0.15) is 0 Å². The molecular formula is C17H38IN3O3. The molecule has 0 amide bonds. The van der Waals surface area contributed by atoms with Crippen LogP contribution in [0.2, 0.25) is 0 Å². The molecule has 0 aliphatic heterocycles. The van der Waals surface area contributed by atoms with Crippen molar-refractivity contribution >= 4 is 29.9 Å². The van der Waals surface area contributed by atoms with Crippen LogP contribution < -0.4 is 10.6 Å². The van der Waals surface area contributed by atoms with Gasteiger partial charge in [0.05, 0.1) is 32.0 Å². The van der Waals surface area contributed by atoms with Gasteiger partial charge in [0.25, 0.3) is 0 Å². The molecule has 0 radical (unpaired) electrons. The van der Waals surface area contributed by atoms with E-state index in [-0.39, 0.29) is 24.0 Å². The summed E-state index contributed by atoms with van der Waals surface area (Å²) in [6, 6.07) is 0. The first-order valence-electron chi connectivity index (χ1n) is 9.01. The maximum atomic E-state index is 10.3. The first kappa shape index (κ1) is 26.1. The fourth-order valence-electron chi connectivity index (χ4n) is 1.85. The van der Waals surface area contributed by atoms with Crippen molar-refractivity contribution in [2.75, 3.05) is 46.1 Å². The van der Waals surface area contributed by atoms with E-state index < -0.39 is 5.60 Å². The van der Waals surface area contributed by atoms with E-state index in [0.717, 1.165) is 32.0 Å². The Hall–Kier alpha value is -0.120. The van der Waals surface area contributed by atoms with Gasteiger partial charge in [-0.1, -0.05) is 27.2 Å². The number of aliphatic imine (C=N–C) groups is 1. The van der Waals surface area contributed by atoms with Crippen molar-refractivity contribution in [3.05, 3.63) is 0 Å². The Balaban J connectivity index is 0. The number of unbranched alkanes of at least 4 members (excludes halogenated alkanes) is 1. The third kappa shape index (κ3) is 14.2. The van der Waals surface area contributed by atoms with Crippen LogP contribution in [-0.4, -0.2) is 62.7 Å². The summed E-state index contributed by atoms with van der Waals surface area (Å²) in [4.78, 5) is 4.46. The largest absolute Gasteiger partial charge is 0.388 e. The van der Waals surface area contributed by atoms with Crippen molar-refractivity contribution in [1.82, 2.24) is 10.6 Å². The molecule has 0 aromatic rings. The van der Waals surface area contributed by atoms with Crippen LogP contribution in [0, 0.1) is 0 Å². The molecule has 0 bridgehead atoms. The molecule has 0 fully saturated rings. The number of aliphatic hydroxyl groups is 1. The van der Waals surface area contributed by atoms with Crippen LogP contribution in [-0.2, 0) is 9.47 Å². The predicted octanol–water partition coefficient (Wildman–Crippen LogP) is 2.54. The Kier molecular flexibility index (Phi) is 19.3. The molecule has 146 valence electrons. The lowest BCUT2D eigenvalue weighted by Gasteiger charge is -2.23. The molecule has 0 aromatic carbocycles. The minimum absolute atomic E-state index is 0. The molecular weight excluding hydrogens is 421 g/mol. The number of hydrogen-bond acceptors (Lipinski definition) is 4. The topological polar surface area (TPSA) is 75.1 Å². The van der Waals surface area contributed by atoms with Crippen LogP contribution >= 0.6 is 24.0 Å². The van der Waals surface area contributed by atoms with Gasteiger partial charge in [0, 0.05) is 19.7 Å². The SMILES string of the molecule is CCCCOCCOCCNC(=NCC(O)(CC)CC)NCC.I. The molecule has 3 N–H and O–H groups in total. The van der Waals surface area contributed by atoms with Crippen molar-refractivity contribution in [3.63, 3.8) is 0 Å². The van der Waals surface area contributed by atoms with Gasteiger partial charge in [0.1, 0.15) is 0 Å². The van der Waals surface area contributed by atoms with Gasteiger partial charge < -0.3 is 25.2 Å². The number of nitrogens with one attached hydrogen (secondary N) is 2. The first-order chi connectivity index (χ1) is 11.1. The number of ether oxygens (including phenoxy) is 2. The quantitative estimate of drug-likeness (QED) is 0.161. The fraction of sp³-hybridized carbons (Fsp3) is 0.941. The summed E-state index contributed by atoms with van der Waals surface area (Å²) in [6.07, 6.45) is 3.66. The molecule has 24 heavy (non-hydrogen) atoms. The average molecular weight is 459 g/mol. The van der Waals surface area contributed by atoms with Crippen molar-refractivity contribution in [3.8, 4) is 0 Å². The van der Waals surface area contributed by atoms with Gasteiger partial charge in [-0.15, -0.1) is 24.0 Å². The normalized spacial score (nSPS) is 12.0. The van der Waals surface area contributed by atoms with E-state index in [4.69, 9.17) is 9.47 Å². The van der Waals surface area contributed by atoms with Gasteiger partial charge in [-0.25, -0.2) is 0 Å². The Morgan fingerprint density at radius 3 is 2.12 bits per heavy atom. The highest BCUT2D eigenvalue weighted by molar-refractivity contribution is 14.0. The minimum Gasteiger partial charge on any atom is -0.388 e. The van der Waals surface area contributed by atoms with Crippen LogP contribution in [0.1, 0.15) is 53.4 Å². The number of nitrogens with zero attached hydrogens (tertiary/aromatic N) is 1. The third-order valence-electron chi connectivity index (χ3n) is 3.75. The molecule has 0 rings (SSSR count). The zero-order chi connectivity index (χ0) is 17.4. The second-order valence-corrected chi connectivity index (χ2v) is 5.63. The van der Waals surface area contributed by atoms with Gasteiger partial charge in [-0.3, -0.25) is 4.99 Å². The highest BCUT2D eigenvalue weighted by atomic mass is 127. The van der Waals surface area contributed by atoms with Crippen LogP contribution in [0.4, 0.5) is 0 Å². The monoisotopic (exact) mass is 459 g/mol. The number of guanidine groups is 1. The van der Waals surface area contributed by atoms with Crippen LogP contribution in [0.25, 0.3) is 0 Å². The zero-order valence-electron chi connectivity index (χ0n) is 15.9. The van der Waals surface area contributed by atoms with E-state index in [1.165, 1.54) is 0 Å². The molecule has 6 nitrogen and oxygen atoms in total. The highest BCUT2D eigenvalue weighted by Gasteiger charge is 2.21. The van der Waals surface area contributed by atoms with Crippen LogP contribution in [0.5, 0.6) is 0 Å². The van der Waals surface area contributed by atoms with Crippen molar-refractivity contribution in [1.29, 1.82) is 0 Å². The van der Waals surface area contributed by atoms with Gasteiger partial charge >= 0.3 is 0 Å². The van der Waals surface area contributed by atoms with Gasteiger partial charge in [0.15, 0.2) is 5.96 Å². The van der Waals surface area contributed by atoms with E-state index in [2.05, 4.69) is 22.5 Å². The maximum Gasteiger partial charge on any atom is 0.191 e. The van der Waals surface area contributed by atoms with E-state index in [9.17, 15) is 5.11 Å².